The third-order valence-corrected chi connectivity index (χ3v) is 3.42. The predicted octanol–water partition coefficient (Wildman–Crippen LogP) is 3.65. The van der Waals surface area contributed by atoms with Gasteiger partial charge in [0, 0.05) is 16.3 Å². The van der Waals surface area contributed by atoms with Crippen molar-refractivity contribution in [3.63, 3.8) is 0 Å². The molecule has 2 aromatic carbocycles. The minimum absolute atomic E-state index is 0.107. The largest absolute Gasteiger partial charge is 0.496 e. The van der Waals surface area contributed by atoms with Crippen molar-refractivity contribution in [1.82, 2.24) is 5.43 Å². The molecule has 124 valence electrons. The zero-order chi connectivity index (χ0) is 17.2. The third-order valence-electron chi connectivity index (χ3n) is 2.93. The lowest BCUT2D eigenvalue weighted by atomic mass is 10.2. The molecule has 0 aliphatic carbocycles. The van der Waals surface area contributed by atoms with E-state index in [4.69, 9.17) is 9.47 Å². The molecule has 0 saturated carbocycles. The lowest BCUT2D eigenvalue weighted by Crippen LogP contribution is -2.24. The summed E-state index contributed by atoms with van der Waals surface area (Å²) in [7, 11) is 1.62. The first-order valence-corrected chi connectivity index (χ1v) is 7.98. The summed E-state index contributed by atoms with van der Waals surface area (Å²) >= 11 is 3.34. The summed E-state index contributed by atoms with van der Waals surface area (Å²) in [4.78, 5) is 11.6. The fourth-order valence-electron chi connectivity index (χ4n) is 1.84. The first-order valence-electron chi connectivity index (χ1n) is 7.19. The molecule has 0 fully saturated rings. The first-order chi connectivity index (χ1) is 11.7. The molecule has 0 aromatic heterocycles. The molecule has 1 amide bonds. The van der Waals surface area contributed by atoms with Gasteiger partial charge in [-0.2, -0.15) is 5.10 Å². The lowest BCUT2D eigenvalue weighted by Gasteiger charge is -2.04. The molecule has 0 bridgehead atoms. The second kappa shape index (κ2) is 9.52. The molecule has 0 heterocycles. The van der Waals surface area contributed by atoms with E-state index in [1.165, 1.54) is 6.21 Å². The number of nitrogens with zero attached hydrogens (tertiary/aromatic N) is 1. The molecule has 1 N–H and O–H groups in total. The van der Waals surface area contributed by atoms with E-state index in [9.17, 15) is 4.79 Å². The van der Waals surface area contributed by atoms with Crippen molar-refractivity contribution in [2.45, 2.75) is 0 Å². The van der Waals surface area contributed by atoms with Crippen LogP contribution in [-0.4, -0.2) is 25.8 Å². The summed E-state index contributed by atoms with van der Waals surface area (Å²) in [6, 6.07) is 14.9. The Kier molecular flexibility index (Phi) is 7.04. The van der Waals surface area contributed by atoms with Crippen LogP contribution < -0.4 is 14.9 Å². The van der Waals surface area contributed by atoms with Gasteiger partial charge in [0.2, 0.25) is 0 Å². The minimum atomic E-state index is -0.336. The van der Waals surface area contributed by atoms with Gasteiger partial charge in [-0.3, -0.25) is 4.79 Å². The van der Waals surface area contributed by atoms with E-state index in [2.05, 4.69) is 26.5 Å². The molecule has 24 heavy (non-hydrogen) atoms. The summed E-state index contributed by atoms with van der Waals surface area (Å²) in [5, 5.41) is 3.83. The normalized spacial score (nSPS) is 10.9. The van der Waals surface area contributed by atoms with E-state index in [0.29, 0.717) is 5.75 Å². The van der Waals surface area contributed by atoms with Gasteiger partial charge in [-0.25, -0.2) is 5.43 Å². The standard InChI is InChI=1S/C18H17BrN2O3/c1-23-17-10-3-2-6-14(17)7-5-11-20-21-18(22)13-24-16-9-4-8-15(19)12-16/h2-12H,13H2,1H3,(H,21,22)/b7-5+,20-11-. The maximum Gasteiger partial charge on any atom is 0.277 e. The number of amides is 1. The van der Waals surface area contributed by atoms with Crippen molar-refractivity contribution in [3.8, 4) is 11.5 Å². The fraction of sp³-hybridized carbons (Fsp3) is 0.111. The highest BCUT2D eigenvalue weighted by atomic mass is 79.9. The summed E-state index contributed by atoms with van der Waals surface area (Å²) in [5.74, 6) is 1.05. The molecule has 2 rings (SSSR count). The van der Waals surface area contributed by atoms with E-state index in [0.717, 1.165) is 15.8 Å². The summed E-state index contributed by atoms with van der Waals surface area (Å²) in [5.41, 5.74) is 3.32. The van der Waals surface area contributed by atoms with Crippen LogP contribution in [0.4, 0.5) is 0 Å². The van der Waals surface area contributed by atoms with Gasteiger partial charge in [0.15, 0.2) is 6.61 Å². The van der Waals surface area contributed by atoms with Crippen molar-refractivity contribution in [2.24, 2.45) is 5.10 Å². The number of benzene rings is 2. The van der Waals surface area contributed by atoms with Gasteiger partial charge in [0.25, 0.3) is 5.91 Å². The van der Waals surface area contributed by atoms with Crippen molar-refractivity contribution >= 4 is 34.1 Å². The maximum absolute atomic E-state index is 11.6. The maximum atomic E-state index is 11.6. The average molecular weight is 389 g/mol. The zero-order valence-corrected chi connectivity index (χ0v) is 14.7. The Bertz CT molecular complexity index is 745. The second-order valence-electron chi connectivity index (χ2n) is 4.66. The van der Waals surface area contributed by atoms with Crippen molar-refractivity contribution in [1.29, 1.82) is 0 Å². The molecule has 0 unspecified atom stereocenters. The van der Waals surface area contributed by atoms with E-state index in [1.807, 2.05) is 42.5 Å². The van der Waals surface area contributed by atoms with Crippen LogP contribution in [-0.2, 0) is 4.79 Å². The number of hydrogen-bond acceptors (Lipinski definition) is 4. The highest BCUT2D eigenvalue weighted by molar-refractivity contribution is 9.10. The monoisotopic (exact) mass is 388 g/mol. The number of hydrazone groups is 1. The minimum Gasteiger partial charge on any atom is -0.496 e. The summed E-state index contributed by atoms with van der Waals surface area (Å²) in [6.07, 6.45) is 5.04. The van der Waals surface area contributed by atoms with Crippen molar-refractivity contribution in [2.75, 3.05) is 13.7 Å². The Labute approximate surface area is 149 Å². The fourth-order valence-corrected chi connectivity index (χ4v) is 2.22. The van der Waals surface area contributed by atoms with Crippen LogP contribution in [0.5, 0.6) is 11.5 Å². The zero-order valence-electron chi connectivity index (χ0n) is 13.1. The van der Waals surface area contributed by atoms with Gasteiger partial charge < -0.3 is 9.47 Å². The van der Waals surface area contributed by atoms with E-state index in [-0.39, 0.29) is 12.5 Å². The molecule has 0 radical (unpaired) electrons. The quantitative estimate of drug-likeness (QED) is 0.581. The van der Waals surface area contributed by atoms with Crippen LogP contribution in [0.2, 0.25) is 0 Å². The number of carbonyl (C=O) groups is 1. The Hall–Kier alpha value is -2.60. The number of ether oxygens (including phenoxy) is 2. The first kappa shape index (κ1) is 17.7. The number of para-hydroxylation sites is 1. The van der Waals surface area contributed by atoms with Crippen LogP contribution in [0.15, 0.2) is 64.2 Å². The lowest BCUT2D eigenvalue weighted by molar-refractivity contribution is -0.123. The second-order valence-corrected chi connectivity index (χ2v) is 5.58. The summed E-state index contributed by atoms with van der Waals surface area (Å²) < 4.78 is 11.5. The number of rotatable bonds is 7. The smallest absolute Gasteiger partial charge is 0.277 e. The number of methoxy groups -OCH3 is 1. The van der Waals surface area contributed by atoms with Crippen LogP contribution in [0.1, 0.15) is 5.56 Å². The van der Waals surface area contributed by atoms with E-state index < -0.39 is 0 Å². The van der Waals surface area contributed by atoms with Crippen molar-refractivity contribution in [3.05, 3.63) is 64.6 Å². The van der Waals surface area contributed by atoms with Gasteiger partial charge in [-0.05, 0) is 36.4 Å². The molecular weight excluding hydrogens is 372 g/mol. The van der Waals surface area contributed by atoms with Gasteiger partial charge in [0.1, 0.15) is 11.5 Å². The number of halogens is 1. The molecular formula is C18H17BrN2O3. The van der Waals surface area contributed by atoms with Gasteiger partial charge in [0.05, 0.1) is 7.11 Å². The molecule has 0 aliphatic heterocycles. The highest BCUT2D eigenvalue weighted by Crippen LogP contribution is 2.18. The van der Waals surface area contributed by atoms with Crippen LogP contribution in [0.3, 0.4) is 0 Å². The van der Waals surface area contributed by atoms with Gasteiger partial charge >= 0.3 is 0 Å². The molecule has 6 heteroatoms. The number of allylic oxidation sites excluding steroid dienone is 1. The molecule has 0 spiro atoms. The Morgan fingerprint density at radius 2 is 2.08 bits per heavy atom. The molecule has 0 atom stereocenters. The van der Waals surface area contributed by atoms with Crippen LogP contribution in [0, 0.1) is 0 Å². The number of hydrogen-bond donors (Lipinski definition) is 1. The Morgan fingerprint density at radius 1 is 1.25 bits per heavy atom. The highest BCUT2D eigenvalue weighted by Gasteiger charge is 2.01. The molecule has 5 nitrogen and oxygen atoms in total. The molecule has 0 aliphatic rings. The molecule has 0 saturated heterocycles. The topological polar surface area (TPSA) is 59.9 Å². The summed E-state index contributed by atoms with van der Waals surface area (Å²) in [6.45, 7) is -0.107. The van der Waals surface area contributed by atoms with Crippen molar-refractivity contribution < 1.29 is 14.3 Å². The third kappa shape index (κ3) is 5.89. The van der Waals surface area contributed by atoms with Crippen LogP contribution in [0.25, 0.3) is 6.08 Å². The van der Waals surface area contributed by atoms with E-state index in [1.54, 1.807) is 25.3 Å². The van der Waals surface area contributed by atoms with Gasteiger partial charge in [-0.1, -0.05) is 40.2 Å². The Balaban J connectivity index is 1.77. The Morgan fingerprint density at radius 3 is 2.88 bits per heavy atom. The SMILES string of the molecule is COc1ccccc1/C=C/C=N\NC(=O)COc1cccc(Br)c1. The molecule has 2 aromatic rings. The predicted molar refractivity (Wildman–Crippen MR) is 98.3 cm³/mol. The number of carbonyl (C=O) groups excluding carboxylic acids is 1. The number of nitrogens with one attached hydrogen (secondary N) is 1. The van der Waals surface area contributed by atoms with Crippen LogP contribution >= 0.6 is 15.9 Å². The van der Waals surface area contributed by atoms with E-state index >= 15 is 0 Å². The average Bonchev–Trinajstić information content (AvgIpc) is 2.60. The van der Waals surface area contributed by atoms with Gasteiger partial charge in [-0.15, -0.1) is 0 Å².